The van der Waals surface area contributed by atoms with Gasteiger partial charge in [0.05, 0.1) is 6.61 Å². The first-order valence-corrected chi connectivity index (χ1v) is 7.41. The van der Waals surface area contributed by atoms with Crippen molar-refractivity contribution in [3.63, 3.8) is 0 Å². The molecule has 0 amide bonds. The zero-order valence-corrected chi connectivity index (χ0v) is 12.9. The van der Waals surface area contributed by atoms with Gasteiger partial charge in [-0.15, -0.1) is 12.4 Å². The summed E-state index contributed by atoms with van der Waals surface area (Å²) in [5.74, 6) is 1.68. The van der Waals surface area contributed by atoms with Crippen molar-refractivity contribution >= 4 is 12.4 Å². The van der Waals surface area contributed by atoms with Gasteiger partial charge in [0.15, 0.2) is 0 Å². The van der Waals surface area contributed by atoms with E-state index in [1.807, 2.05) is 12.1 Å². The van der Waals surface area contributed by atoms with Crippen LogP contribution in [0.25, 0.3) is 11.1 Å². The molecule has 1 heterocycles. The first-order valence-electron chi connectivity index (χ1n) is 7.41. The highest BCUT2D eigenvalue weighted by Crippen LogP contribution is 2.30. The Labute approximate surface area is 132 Å². The van der Waals surface area contributed by atoms with E-state index in [0.29, 0.717) is 5.92 Å². The summed E-state index contributed by atoms with van der Waals surface area (Å²) in [5, 5.41) is 3.39. The molecule has 1 aliphatic rings. The van der Waals surface area contributed by atoms with Gasteiger partial charge < -0.3 is 10.1 Å². The molecule has 0 bridgehead atoms. The van der Waals surface area contributed by atoms with Gasteiger partial charge >= 0.3 is 0 Å². The molecule has 3 heteroatoms. The highest BCUT2D eigenvalue weighted by atomic mass is 35.5. The Kier molecular flexibility index (Phi) is 6.09. The minimum Gasteiger partial charge on any atom is -0.493 e. The first-order chi connectivity index (χ1) is 9.93. The SMILES string of the molecule is Cl.c1ccc(-c2ccccc2OCC2CCNCC2)cc1. The van der Waals surface area contributed by atoms with Gasteiger partial charge in [-0.3, -0.25) is 0 Å². The summed E-state index contributed by atoms with van der Waals surface area (Å²) in [7, 11) is 0. The fraction of sp³-hybridized carbons (Fsp3) is 0.333. The van der Waals surface area contributed by atoms with Crippen LogP contribution in [0.3, 0.4) is 0 Å². The van der Waals surface area contributed by atoms with Crippen LogP contribution in [0.2, 0.25) is 0 Å². The van der Waals surface area contributed by atoms with Crippen molar-refractivity contribution in [2.24, 2.45) is 5.92 Å². The van der Waals surface area contributed by atoms with E-state index >= 15 is 0 Å². The van der Waals surface area contributed by atoms with Gasteiger partial charge in [0, 0.05) is 5.56 Å². The second kappa shape index (κ2) is 8.06. The Morgan fingerprint density at radius 2 is 1.57 bits per heavy atom. The zero-order chi connectivity index (χ0) is 13.6. The molecule has 2 aromatic rings. The van der Waals surface area contributed by atoms with Crippen LogP contribution in [-0.4, -0.2) is 19.7 Å². The number of halogens is 1. The summed E-state index contributed by atoms with van der Waals surface area (Å²) in [4.78, 5) is 0. The molecule has 2 aromatic carbocycles. The molecule has 1 saturated heterocycles. The summed E-state index contributed by atoms with van der Waals surface area (Å²) in [6, 6.07) is 18.8. The monoisotopic (exact) mass is 303 g/mol. The molecule has 0 aromatic heterocycles. The fourth-order valence-electron chi connectivity index (χ4n) is 2.70. The maximum atomic E-state index is 6.10. The topological polar surface area (TPSA) is 21.3 Å². The molecule has 1 N–H and O–H groups in total. The lowest BCUT2D eigenvalue weighted by molar-refractivity contribution is 0.216. The van der Waals surface area contributed by atoms with Crippen LogP contribution < -0.4 is 10.1 Å². The number of piperidine rings is 1. The number of benzene rings is 2. The van der Waals surface area contributed by atoms with Crippen LogP contribution in [0.4, 0.5) is 0 Å². The molecule has 0 aliphatic carbocycles. The predicted molar refractivity (Wildman–Crippen MR) is 90.2 cm³/mol. The third-order valence-corrected chi connectivity index (χ3v) is 3.91. The largest absolute Gasteiger partial charge is 0.493 e. The second-order valence-electron chi connectivity index (χ2n) is 5.37. The van der Waals surface area contributed by atoms with Gasteiger partial charge in [0.25, 0.3) is 0 Å². The molecular formula is C18H22ClNO. The number of hydrogen-bond acceptors (Lipinski definition) is 2. The molecule has 3 rings (SSSR count). The lowest BCUT2D eigenvalue weighted by atomic mass is 9.99. The van der Waals surface area contributed by atoms with Crippen molar-refractivity contribution in [3.05, 3.63) is 54.6 Å². The molecule has 1 aliphatic heterocycles. The lowest BCUT2D eigenvalue weighted by Gasteiger charge is -2.23. The van der Waals surface area contributed by atoms with Crippen LogP contribution in [0.15, 0.2) is 54.6 Å². The van der Waals surface area contributed by atoms with E-state index in [1.54, 1.807) is 0 Å². The number of para-hydroxylation sites is 1. The molecule has 0 unspecified atom stereocenters. The minimum absolute atomic E-state index is 0. The Hall–Kier alpha value is -1.51. The van der Waals surface area contributed by atoms with Crippen molar-refractivity contribution in [3.8, 4) is 16.9 Å². The lowest BCUT2D eigenvalue weighted by Crippen LogP contribution is -2.30. The van der Waals surface area contributed by atoms with E-state index in [9.17, 15) is 0 Å². The number of ether oxygens (including phenoxy) is 1. The maximum Gasteiger partial charge on any atom is 0.127 e. The molecule has 0 saturated carbocycles. The number of hydrogen-bond donors (Lipinski definition) is 1. The highest BCUT2D eigenvalue weighted by Gasteiger charge is 2.14. The van der Waals surface area contributed by atoms with Gasteiger partial charge in [-0.25, -0.2) is 0 Å². The summed E-state index contributed by atoms with van der Waals surface area (Å²) in [5.41, 5.74) is 2.40. The minimum atomic E-state index is 0. The molecule has 0 spiro atoms. The number of nitrogens with one attached hydrogen (secondary N) is 1. The van der Waals surface area contributed by atoms with Crippen LogP contribution >= 0.6 is 12.4 Å². The Balaban J connectivity index is 0.00000161. The molecule has 0 radical (unpaired) electrons. The van der Waals surface area contributed by atoms with E-state index in [1.165, 1.54) is 24.0 Å². The molecule has 0 atom stereocenters. The van der Waals surface area contributed by atoms with E-state index < -0.39 is 0 Å². The molecule has 21 heavy (non-hydrogen) atoms. The summed E-state index contributed by atoms with van der Waals surface area (Å²) in [6.45, 7) is 3.06. The Bertz CT molecular complexity index is 538. The second-order valence-corrected chi connectivity index (χ2v) is 5.37. The van der Waals surface area contributed by atoms with Crippen molar-refractivity contribution in [2.75, 3.05) is 19.7 Å². The van der Waals surface area contributed by atoms with E-state index in [0.717, 1.165) is 25.4 Å². The van der Waals surface area contributed by atoms with Crippen LogP contribution in [0.5, 0.6) is 5.75 Å². The summed E-state index contributed by atoms with van der Waals surface area (Å²) >= 11 is 0. The Morgan fingerprint density at radius 1 is 0.905 bits per heavy atom. The van der Waals surface area contributed by atoms with E-state index in [2.05, 4.69) is 47.8 Å². The van der Waals surface area contributed by atoms with Gasteiger partial charge in [-0.05, 0) is 43.5 Å². The van der Waals surface area contributed by atoms with Crippen LogP contribution in [0.1, 0.15) is 12.8 Å². The summed E-state index contributed by atoms with van der Waals surface area (Å²) < 4.78 is 6.10. The number of rotatable bonds is 4. The normalized spacial score (nSPS) is 15.2. The van der Waals surface area contributed by atoms with Gasteiger partial charge in [-0.1, -0.05) is 48.5 Å². The van der Waals surface area contributed by atoms with Gasteiger partial charge in [-0.2, -0.15) is 0 Å². The Morgan fingerprint density at radius 3 is 2.33 bits per heavy atom. The standard InChI is InChI=1S/C18H21NO.ClH/c1-2-6-16(7-3-1)17-8-4-5-9-18(17)20-14-15-10-12-19-13-11-15;/h1-9,15,19H,10-14H2;1H. The van der Waals surface area contributed by atoms with Gasteiger partial charge in [0.2, 0.25) is 0 Å². The van der Waals surface area contributed by atoms with Gasteiger partial charge in [0.1, 0.15) is 5.75 Å². The fourth-order valence-corrected chi connectivity index (χ4v) is 2.70. The van der Waals surface area contributed by atoms with Crippen LogP contribution in [0, 0.1) is 5.92 Å². The first kappa shape index (κ1) is 15.9. The summed E-state index contributed by atoms with van der Waals surface area (Å²) in [6.07, 6.45) is 2.43. The van der Waals surface area contributed by atoms with Crippen LogP contribution in [-0.2, 0) is 0 Å². The average molecular weight is 304 g/mol. The van der Waals surface area contributed by atoms with Crippen molar-refractivity contribution in [1.29, 1.82) is 0 Å². The smallest absolute Gasteiger partial charge is 0.127 e. The van der Waals surface area contributed by atoms with E-state index in [-0.39, 0.29) is 12.4 Å². The maximum absolute atomic E-state index is 6.10. The third kappa shape index (κ3) is 4.23. The third-order valence-electron chi connectivity index (χ3n) is 3.91. The quantitative estimate of drug-likeness (QED) is 0.916. The molecular weight excluding hydrogens is 282 g/mol. The predicted octanol–water partition coefficient (Wildman–Crippen LogP) is 4.15. The zero-order valence-electron chi connectivity index (χ0n) is 12.1. The average Bonchev–Trinajstić information content (AvgIpc) is 2.55. The molecule has 2 nitrogen and oxygen atoms in total. The van der Waals surface area contributed by atoms with Crippen molar-refractivity contribution < 1.29 is 4.74 Å². The van der Waals surface area contributed by atoms with Crippen molar-refractivity contribution in [1.82, 2.24) is 5.32 Å². The van der Waals surface area contributed by atoms with E-state index in [4.69, 9.17) is 4.74 Å². The highest BCUT2D eigenvalue weighted by molar-refractivity contribution is 5.85. The molecule has 1 fully saturated rings. The van der Waals surface area contributed by atoms with Crippen molar-refractivity contribution in [2.45, 2.75) is 12.8 Å². The molecule has 112 valence electrons.